The van der Waals surface area contributed by atoms with E-state index in [1.165, 1.54) is 36.5 Å². The first-order chi connectivity index (χ1) is 16.2. The molecule has 0 atom stereocenters. The Morgan fingerprint density at radius 3 is 2.76 bits per heavy atom. The number of aryl methyl sites for hydroxylation is 1. The SMILES string of the molecule is Cc1nc2ccc(Br)cc2c(=O)n1N=Cc1cc(Cl)c(OCc2ccccc2F)c([N+](=O)[O-])c1. The normalized spacial score (nSPS) is 11.3. The summed E-state index contributed by atoms with van der Waals surface area (Å²) in [7, 11) is 0. The lowest BCUT2D eigenvalue weighted by Gasteiger charge is -2.10. The van der Waals surface area contributed by atoms with E-state index >= 15 is 0 Å². The third kappa shape index (κ3) is 4.82. The minimum absolute atomic E-state index is 0.0587. The van der Waals surface area contributed by atoms with Crippen LogP contribution in [0.5, 0.6) is 5.75 Å². The zero-order valence-electron chi connectivity index (χ0n) is 17.5. The van der Waals surface area contributed by atoms with Gasteiger partial charge in [0.05, 0.1) is 27.1 Å². The predicted molar refractivity (Wildman–Crippen MR) is 130 cm³/mol. The molecule has 0 aliphatic carbocycles. The van der Waals surface area contributed by atoms with Crippen LogP contribution in [0.25, 0.3) is 10.9 Å². The largest absolute Gasteiger partial charge is 0.481 e. The Kier molecular flexibility index (Phi) is 6.71. The van der Waals surface area contributed by atoms with Gasteiger partial charge in [-0.1, -0.05) is 45.7 Å². The number of nitro groups is 1. The molecule has 172 valence electrons. The van der Waals surface area contributed by atoms with E-state index in [1.807, 2.05) is 0 Å². The molecule has 11 heteroatoms. The molecule has 0 fully saturated rings. The molecule has 34 heavy (non-hydrogen) atoms. The highest BCUT2D eigenvalue weighted by Crippen LogP contribution is 2.36. The van der Waals surface area contributed by atoms with Crippen molar-refractivity contribution in [3.8, 4) is 5.75 Å². The maximum atomic E-state index is 13.9. The van der Waals surface area contributed by atoms with E-state index in [0.717, 1.165) is 4.68 Å². The van der Waals surface area contributed by atoms with E-state index in [1.54, 1.807) is 31.2 Å². The third-order valence-corrected chi connectivity index (χ3v) is 5.64. The number of benzene rings is 3. The molecular weight excluding hydrogens is 531 g/mol. The van der Waals surface area contributed by atoms with E-state index < -0.39 is 22.0 Å². The lowest BCUT2D eigenvalue weighted by molar-refractivity contribution is -0.385. The highest BCUT2D eigenvalue weighted by atomic mass is 79.9. The van der Waals surface area contributed by atoms with Crippen molar-refractivity contribution in [1.82, 2.24) is 9.66 Å². The van der Waals surface area contributed by atoms with Crippen molar-refractivity contribution >= 4 is 50.3 Å². The Hall–Kier alpha value is -3.63. The number of fused-ring (bicyclic) bond motifs is 1. The lowest BCUT2D eigenvalue weighted by Crippen LogP contribution is -2.20. The highest BCUT2D eigenvalue weighted by Gasteiger charge is 2.21. The van der Waals surface area contributed by atoms with Gasteiger partial charge in [0, 0.05) is 21.7 Å². The number of hydrogen-bond acceptors (Lipinski definition) is 6. The Bertz CT molecular complexity index is 1520. The van der Waals surface area contributed by atoms with Gasteiger partial charge in [-0.3, -0.25) is 14.9 Å². The fourth-order valence-corrected chi connectivity index (χ4v) is 3.88. The molecule has 0 aliphatic rings. The number of nitrogens with zero attached hydrogens (tertiary/aromatic N) is 4. The Balaban J connectivity index is 1.69. The van der Waals surface area contributed by atoms with Gasteiger partial charge in [0.25, 0.3) is 5.56 Å². The van der Waals surface area contributed by atoms with Gasteiger partial charge in [0.15, 0.2) is 0 Å². The molecule has 1 heterocycles. The monoisotopic (exact) mass is 544 g/mol. The van der Waals surface area contributed by atoms with Crippen molar-refractivity contribution in [2.75, 3.05) is 0 Å². The summed E-state index contributed by atoms with van der Waals surface area (Å²) in [5, 5.41) is 16.1. The number of hydrogen-bond donors (Lipinski definition) is 0. The fraction of sp³-hybridized carbons (Fsp3) is 0.0870. The maximum absolute atomic E-state index is 13.9. The van der Waals surface area contributed by atoms with Crippen LogP contribution in [0.15, 0.2) is 69.0 Å². The van der Waals surface area contributed by atoms with Crippen LogP contribution in [0.2, 0.25) is 5.02 Å². The molecule has 0 unspecified atom stereocenters. The van der Waals surface area contributed by atoms with Crippen LogP contribution in [0.3, 0.4) is 0 Å². The molecule has 0 aliphatic heterocycles. The Labute approximate surface area is 205 Å². The van der Waals surface area contributed by atoms with Gasteiger partial charge in [0.1, 0.15) is 18.2 Å². The van der Waals surface area contributed by atoms with Crippen LogP contribution in [-0.2, 0) is 6.61 Å². The second-order valence-electron chi connectivity index (χ2n) is 7.17. The van der Waals surface area contributed by atoms with Gasteiger partial charge in [-0.15, -0.1) is 0 Å². The molecule has 4 aromatic rings. The summed E-state index contributed by atoms with van der Waals surface area (Å²) in [4.78, 5) is 28.2. The van der Waals surface area contributed by atoms with Crippen molar-refractivity contribution in [3.63, 3.8) is 0 Å². The van der Waals surface area contributed by atoms with Crippen LogP contribution in [0.1, 0.15) is 17.0 Å². The molecule has 0 radical (unpaired) electrons. The van der Waals surface area contributed by atoms with Crippen LogP contribution in [-0.4, -0.2) is 20.8 Å². The number of ether oxygens (including phenoxy) is 1. The third-order valence-electron chi connectivity index (χ3n) is 4.87. The van der Waals surface area contributed by atoms with Gasteiger partial charge >= 0.3 is 5.69 Å². The van der Waals surface area contributed by atoms with E-state index in [-0.39, 0.29) is 28.5 Å². The van der Waals surface area contributed by atoms with Crippen molar-refractivity contribution in [1.29, 1.82) is 0 Å². The number of nitro benzene ring substituents is 1. The standard InChI is InChI=1S/C23H15BrClFN4O4/c1-13-28-20-7-6-16(24)10-17(20)23(31)29(13)27-11-14-8-18(25)22(21(9-14)30(32)33)34-12-15-4-2-3-5-19(15)26/h2-11H,12H2,1H3. The van der Waals surface area contributed by atoms with Crippen LogP contribution in [0, 0.1) is 22.9 Å². The van der Waals surface area contributed by atoms with E-state index in [4.69, 9.17) is 16.3 Å². The first kappa shape index (κ1) is 23.5. The molecule has 0 N–H and O–H groups in total. The summed E-state index contributed by atoms with van der Waals surface area (Å²) in [6.45, 7) is 1.38. The second-order valence-corrected chi connectivity index (χ2v) is 8.49. The molecule has 1 aromatic heterocycles. The minimum Gasteiger partial charge on any atom is -0.481 e. The summed E-state index contributed by atoms with van der Waals surface area (Å²) >= 11 is 9.58. The summed E-state index contributed by atoms with van der Waals surface area (Å²) in [5.41, 5.74) is 0.187. The summed E-state index contributed by atoms with van der Waals surface area (Å²) < 4.78 is 21.2. The van der Waals surface area contributed by atoms with Gasteiger partial charge in [-0.2, -0.15) is 9.78 Å². The average molecular weight is 546 g/mol. The number of aromatic nitrogens is 2. The zero-order chi connectivity index (χ0) is 24.4. The van der Waals surface area contributed by atoms with Crippen LogP contribution < -0.4 is 10.3 Å². The van der Waals surface area contributed by atoms with Crippen molar-refractivity contribution in [2.45, 2.75) is 13.5 Å². The maximum Gasteiger partial charge on any atom is 0.313 e. The van der Waals surface area contributed by atoms with E-state index in [2.05, 4.69) is 26.0 Å². The van der Waals surface area contributed by atoms with E-state index in [9.17, 15) is 19.3 Å². The molecule has 0 bridgehead atoms. The van der Waals surface area contributed by atoms with Gasteiger partial charge < -0.3 is 4.74 Å². The molecule has 0 saturated carbocycles. The minimum atomic E-state index is -0.660. The van der Waals surface area contributed by atoms with Crippen molar-refractivity contribution in [2.24, 2.45) is 5.10 Å². The summed E-state index contributed by atoms with van der Waals surface area (Å²) in [6, 6.07) is 13.7. The molecule has 3 aromatic carbocycles. The zero-order valence-corrected chi connectivity index (χ0v) is 19.9. The van der Waals surface area contributed by atoms with Gasteiger partial charge in [-0.05, 0) is 37.3 Å². The topological polar surface area (TPSA) is 99.6 Å². The summed E-state index contributed by atoms with van der Waals surface area (Å²) in [5.74, 6) is -0.360. The molecule has 8 nitrogen and oxygen atoms in total. The van der Waals surface area contributed by atoms with Crippen molar-refractivity contribution < 1.29 is 14.1 Å². The smallest absolute Gasteiger partial charge is 0.313 e. The molecular formula is C23H15BrClFN4O4. The first-order valence-electron chi connectivity index (χ1n) is 9.82. The Morgan fingerprint density at radius 2 is 2.03 bits per heavy atom. The molecule has 4 rings (SSSR count). The fourth-order valence-electron chi connectivity index (χ4n) is 3.24. The van der Waals surface area contributed by atoms with Crippen LogP contribution >= 0.6 is 27.5 Å². The van der Waals surface area contributed by atoms with Crippen molar-refractivity contribution in [3.05, 3.63) is 107 Å². The Morgan fingerprint density at radius 1 is 1.26 bits per heavy atom. The van der Waals surface area contributed by atoms with Crippen LogP contribution in [0.4, 0.5) is 10.1 Å². The molecule has 0 saturated heterocycles. The lowest BCUT2D eigenvalue weighted by atomic mass is 10.2. The van der Waals surface area contributed by atoms with Gasteiger partial charge in [-0.25, -0.2) is 9.37 Å². The quantitative estimate of drug-likeness (QED) is 0.178. The second kappa shape index (κ2) is 9.70. The molecule has 0 spiro atoms. The summed E-state index contributed by atoms with van der Waals surface area (Å²) in [6.07, 6.45) is 1.26. The molecule has 0 amide bonds. The van der Waals surface area contributed by atoms with E-state index in [0.29, 0.717) is 21.2 Å². The van der Waals surface area contributed by atoms with Gasteiger partial charge in [0.2, 0.25) is 5.75 Å². The highest BCUT2D eigenvalue weighted by molar-refractivity contribution is 9.10. The number of rotatable bonds is 6. The predicted octanol–water partition coefficient (Wildman–Crippen LogP) is 5.63. The number of halogens is 3. The first-order valence-corrected chi connectivity index (χ1v) is 11.0. The average Bonchev–Trinajstić information content (AvgIpc) is 2.79.